The zero-order valence-corrected chi connectivity index (χ0v) is 12.4. The van der Waals surface area contributed by atoms with Crippen LogP contribution in [0.5, 0.6) is 11.5 Å². The van der Waals surface area contributed by atoms with Crippen molar-refractivity contribution in [2.45, 2.75) is 0 Å². The summed E-state index contributed by atoms with van der Waals surface area (Å²) in [6.07, 6.45) is 1.65. The van der Waals surface area contributed by atoms with Gasteiger partial charge in [-0.2, -0.15) is 0 Å². The van der Waals surface area contributed by atoms with Gasteiger partial charge >= 0.3 is 0 Å². The maximum absolute atomic E-state index is 9.65. The zero-order valence-electron chi connectivity index (χ0n) is 10.1. The Kier molecular flexibility index (Phi) is 4.45. The number of rotatable bonds is 3. The van der Waals surface area contributed by atoms with Crippen LogP contribution in [0.1, 0.15) is 5.56 Å². The van der Waals surface area contributed by atoms with Gasteiger partial charge < -0.3 is 9.84 Å². The summed E-state index contributed by atoms with van der Waals surface area (Å²) in [6.45, 7) is 0. The smallest absolute Gasteiger partial charge is 0.141 e. The molecule has 1 N–H and O–H groups in total. The van der Waals surface area contributed by atoms with Crippen molar-refractivity contribution in [1.29, 1.82) is 0 Å². The number of aliphatic imine (C=N–C) groups is 1. The van der Waals surface area contributed by atoms with Gasteiger partial charge in [0.1, 0.15) is 17.2 Å². The lowest BCUT2D eigenvalue weighted by Gasteiger charge is -2.03. The minimum absolute atomic E-state index is 0.0910. The second-order valence-corrected chi connectivity index (χ2v) is 5.08. The highest BCUT2D eigenvalue weighted by Gasteiger charge is 2.01. The molecule has 0 amide bonds. The molecule has 0 radical (unpaired) electrons. The first-order valence-corrected chi connectivity index (χ1v) is 6.63. The van der Waals surface area contributed by atoms with E-state index in [1.165, 1.54) is 6.07 Å². The summed E-state index contributed by atoms with van der Waals surface area (Å²) in [5.74, 6) is 0.844. The van der Waals surface area contributed by atoms with E-state index in [0.29, 0.717) is 10.7 Å². The van der Waals surface area contributed by atoms with E-state index in [2.05, 4.69) is 20.9 Å². The average molecular weight is 341 g/mol. The van der Waals surface area contributed by atoms with E-state index in [1.54, 1.807) is 25.5 Å². The van der Waals surface area contributed by atoms with Crippen molar-refractivity contribution in [2.24, 2.45) is 4.99 Å². The molecule has 5 heteroatoms. The molecule has 0 heterocycles. The van der Waals surface area contributed by atoms with Crippen molar-refractivity contribution in [1.82, 2.24) is 0 Å². The van der Waals surface area contributed by atoms with E-state index < -0.39 is 0 Å². The fourth-order valence-electron chi connectivity index (χ4n) is 1.51. The number of halogens is 2. The molecule has 3 nitrogen and oxygen atoms in total. The first kappa shape index (κ1) is 13.9. The SMILES string of the molecule is COc1ccc(C=Nc2cc(Cl)ccc2O)cc1Br. The lowest BCUT2D eigenvalue weighted by Crippen LogP contribution is -1.86. The quantitative estimate of drug-likeness (QED) is 0.832. The molecule has 0 fully saturated rings. The number of phenolic OH excluding ortho intramolecular Hbond substituents is 1. The van der Waals surface area contributed by atoms with Crippen LogP contribution in [-0.4, -0.2) is 18.4 Å². The van der Waals surface area contributed by atoms with E-state index in [-0.39, 0.29) is 5.75 Å². The Balaban J connectivity index is 2.27. The number of ether oxygens (including phenoxy) is 1. The van der Waals surface area contributed by atoms with Gasteiger partial charge in [-0.05, 0) is 57.9 Å². The summed E-state index contributed by atoms with van der Waals surface area (Å²) >= 11 is 9.26. The molecule has 0 aliphatic heterocycles. The van der Waals surface area contributed by atoms with Crippen LogP contribution in [-0.2, 0) is 0 Å². The molecule has 0 saturated heterocycles. The maximum Gasteiger partial charge on any atom is 0.141 e. The van der Waals surface area contributed by atoms with Crippen LogP contribution in [0, 0.1) is 0 Å². The van der Waals surface area contributed by atoms with Crippen molar-refractivity contribution in [3.05, 3.63) is 51.5 Å². The summed E-state index contributed by atoms with van der Waals surface area (Å²) in [5.41, 5.74) is 1.31. The molecule has 98 valence electrons. The minimum Gasteiger partial charge on any atom is -0.506 e. The second kappa shape index (κ2) is 6.08. The average Bonchev–Trinajstić information content (AvgIpc) is 2.40. The predicted molar refractivity (Wildman–Crippen MR) is 81.1 cm³/mol. The Morgan fingerprint density at radius 1 is 1.26 bits per heavy atom. The number of aromatic hydroxyl groups is 1. The lowest BCUT2D eigenvalue weighted by molar-refractivity contribution is 0.412. The van der Waals surface area contributed by atoms with Crippen LogP contribution in [0.25, 0.3) is 0 Å². The van der Waals surface area contributed by atoms with Gasteiger partial charge in [0.15, 0.2) is 0 Å². The van der Waals surface area contributed by atoms with Gasteiger partial charge in [0.05, 0.1) is 11.6 Å². The highest BCUT2D eigenvalue weighted by molar-refractivity contribution is 9.10. The van der Waals surface area contributed by atoms with Crippen LogP contribution >= 0.6 is 27.5 Å². The molecular formula is C14H11BrClNO2. The maximum atomic E-state index is 9.65. The molecule has 2 rings (SSSR count). The molecule has 0 saturated carbocycles. The predicted octanol–water partition coefficient (Wildman–Crippen LogP) is 4.57. The van der Waals surface area contributed by atoms with Gasteiger partial charge in [-0.25, -0.2) is 0 Å². The van der Waals surface area contributed by atoms with Gasteiger partial charge in [0.2, 0.25) is 0 Å². The molecule has 19 heavy (non-hydrogen) atoms. The topological polar surface area (TPSA) is 41.8 Å². The Morgan fingerprint density at radius 3 is 2.74 bits per heavy atom. The van der Waals surface area contributed by atoms with E-state index in [1.807, 2.05) is 18.2 Å². The molecule has 0 spiro atoms. The Bertz CT molecular complexity index is 629. The monoisotopic (exact) mass is 339 g/mol. The Morgan fingerprint density at radius 2 is 2.05 bits per heavy atom. The third-order valence-corrected chi connectivity index (χ3v) is 3.32. The normalized spacial score (nSPS) is 10.9. The van der Waals surface area contributed by atoms with Crippen molar-refractivity contribution >= 4 is 39.4 Å². The third kappa shape index (κ3) is 3.49. The standard InChI is InChI=1S/C14H11BrClNO2/c1-19-14-5-2-9(6-11(14)15)8-17-12-7-10(16)3-4-13(12)18/h2-8,18H,1H3. The van der Waals surface area contributed by atoms with Gasteiger partial charge in [-0.1, -0.05) is 11.6 Å². The van der Waals surface area contributed by atoms with E-state index in [4.69, 9.17) is 16.3 Å². The van der Waals surface area contributed by atoms with Crippen LogP contribution in [0.3, 0.4) is 0 Å². The van der Waals surface area contributed by atoms with E-state index >= 15 is 0 Å². The molecule has 0 aliphatic carbocycles. The molecule has 0 aliphatic rings. The fraction of sp³-hybridized carbons (Fsp3) is 0.0714. The molecule has 0 bridgehead atoms. The fourth-order valence-corrected chi connectivity index (χ4v) is 2.23. The molecule has 0 unspecified atom stereocenters. The second-order valence-electron chi connectivity index (χ2n) is 3.79. The third-order valence-electron chi connectivity index (χ3n) is 2.47. The molecule has 0 atom stereocenters. The summed E-state index contributed by atoms with van der Waals surface area (Å²) in [5, 5.41) is 10.2. The number of phenols is 1. The highest BCUT2D eigenvalue weighted by Crippen LogP contribution is 2.29. The summed E-state index contributed by atoms with van der Waals surface area (Å²) in [6, 6.07) is 10.3. The number of benzene rings is 2. The Hall–Kier alpha value is -1.52. The molecule has 2 aromatic carbocycles. The lowest BCUT2D eigenvalue weighted by atomic mass is 10.2. The summed E-state index contributed by atoms with van der Waals surface area (Å²) in [4.78, 5) is 4.21. The highest BCUT2D eigenvalue weighted by atomic mass is 79.9. The van der Waals surface area contributed by atoms with Crippen LogP contribution in [0.15, 0.2) is 45.9 Å². The first-order chi connectivity index (χ1) is 9.10. The van der Waals surface area contributed by atoms with Gasteiger partial charge in [-0.15, -0.1) is 0 Å². The molecular weight excluding hydrogens is 330 g/mol. The molecule has 2 aromatic rings. The summed E-state index contributed by atoms with van der Waals surface area (Å²) < 4.78 is 5.99. The zero-order chi connectivity index (χ0) is 13.8. The van der Waals surface area contributed by atoms with Crippen molar-refractivity contribution in [3.63, 3.8) is 0 Å². The van der Waals surface area contributed by atoms with Gasteiger partial charge in [0.25, 0.3) is 0 Å². The van der Waals surface area contributed by atoms with Crippen molar-refractivity contribution in [3.8, 4) is 11.5 Å². The minimum atomic E-state index is 0.0910. The number of hydrogen-bond acceptors (Lipinski definition) is 3. The number of nitrogens with zero attached hydrogens (tertiary/aromatic N) is 1. The summed E-state index contributed by atoms with van der Waals surface area (Å²) in [7, 11) is 1.61. The number of methoxy groups -OCH3 is 1. The first-order valence-electron chi connectivity index (χ1n) is 5.46. The van der Waals surface area contributed by atoms with Crippen molar-refractivity contribution in [2.75, 3.05) is 7.11 Å². The van der Waals surface area contributed by atoms with Crippen LogP contribution < -0.4 is 4.74 Å². The largest absolute Gasteiger partial charge is 0.506 e. The number of hydrogen-bond donors (Lipinski definition) is 1. The van der Waals surface area contributed by atoms with Crippen molar-refractivity contribution < 1.29 is 9.84 Å². The molecule has 0 aromatic heterocycles. The van der Waals surface area contributed by atoms with Gasteiger partial charge in [0, 0.05) is 11.2 Å². The Labute approximate surface area is 124 Å². The van der Waals surface area contributed by atoms with Crippen LogP contribution in [0.2, 0.25) is 5.02 Å². The van der Waals surface area contributed by atoms with Gasteiger partial charge in [-0.3, -0.25) is 4.99 Å². The van der Waals surface area contributed by atoms with E-state index in [0.717, 1.165) is 15.8 Å². The van der Waals surface area contributed by atoms with E-state index in [9.17, 15) is 5.11 Å². The van der Waals surface area contributed by atoms with Crippen LogP contribution in [0.4, 0.5) is 5.69 Å².